The molecule has 2 saturated heterocycles. The van der Waals surface area contributed by atoms with Crippen LogP contribution in [0.15, 0.2) is 29.2 Å². The zero-order chi connectivity index (χ0) is 18.7. The molecular formula is C17H22F2N2O4S. The Morgan fingerprint density at radius 3 is 2.35 bits per heavy atom. The molecule has 0 N–H and O–H groups in total. The van der Waals surface area contributed by atoms with Crippen LogP contribution >= 0.6 is 0 Å². The van der Waals surface area contributed by atoms with Crippen LogP contribution in [-0.2, 0) is 19.4 Å². The summed E-state index contributed by atoms with van der Waals surface area (Å²) in [6.07, 6.45) is 2.58. The number of alkyl halides is 2. The highest BCUT2D eigenvalue weighted by Gasteiger charge is 2.33. The highest BCUT2D eigenvalue weighted by Crippen LogP contribution is 2.28. The van der Waals surface area contributed by atoms with E-state index in [-0.39, 0.29) is 11.9 Å². The summed E-state index contributed by atoms with van der Waals surface area (Å²) in [5.41, 5.74) is 0.671. The molecule has 6 nitrogen and oxygen atoms in total. The number of hydrogen-bond donors (Lipinski definition) is 0. The van der Waals surface area contributed by atoms with Crippen LogP contribution in [0.5, 0.6) is 0 Å². The van der Waals surface area contributed by atoms with Crippen LogP contribution in [0.2, 0.25) is 0 Å². The zero-order valence-electron chi connectivity index (χ0n) is 14.3. The molecule has 0 aromatic heterocycles. The molecule has 1 aromatic carbocycles. The molecule has 1 atom stereocenters. The van der Waals surface area contributed by atoms with Crippen LogP contribution in [-0.4, -0.2) is 63.9 Å². The number of amides is 1. The predicted molar refractivity (Wildman–Crippen MR) is 92.0 cm³/mol. The Morgan fingerprint density at radius 2 is 1.73 bits per heavy atom. The van der Waals surface area contributed by atoms with Crippen molar-refractivity contribution in [1.82, 2.24) is 4.90 Å². The molecule has 2 fully saturated rings. The molecule has 2 aliphatic heterocycles. The van der Waals surface area contributed by atoms with Gasteiger partial charge >= 0.3 is 5.76 Å². The van der Waals surface area contributed by atoms with Crippen molar-refractivity contribution in [2.45, 2.75) is 36.0 Å². The van der Waals surface area contributed by atoms with Gasteiger partial charge in [0, 0.05) is 25.3 Å². The number of nitrogens with zero attached hydrogens (tertiary/aromatic N) is 2. The van der Waals surface area contributed by atoms with E-state index in [9.17, 15) is 22.0 Å². The second-order valence-corrected chi connectivity index (χ2v) is 8.36. The van der Waals surface area contributed by atoms with E-state index in [4.69, 9.17) is 4.74 Å². The molecule has 2 heterocycles. The van der Waals surface area contributed by atoms with Crippen LogP contribution in [0.3, 0.4) is 0 Å². The fraction of sp³-hybridized carbons (Fsp3) is 0.588. The molecule has 9 heteroatoms. The molecule has 0 spiro atoms. The van der Waals surface area contributed by atoms with Gasteiger partial charge in [0.15, 0.2) is 0 Å². The van der Waals surface area contributed by atoms with Crippen molar-refractivity contribution in [3.8, 4) is 0 Å². The first-order valence-corrected chi connectivity index (χ1v) is 10.2. The molecule has 144 valence electrons. The van der Waals surface area contributed by atoms with Gasteiger partial charge in [0.1, 0.15) is 6.04 Å². The maximum Gasteiger partial charge on any atom is 0.341 e. The highest BCUT2D eigenvalue weighted by atomic mass is 32.2. The molecule has 0 saturated carbocycles. The number of carbonyl (C=O) groups is 1. The minimum Gasteiger partial charge on any atom is -0.378 e. The fourth-order valence-corrected chi connectivity index (χ4v) is 4.14. The van der Waals surface area contributed by atoms with Crippen LogP contribution < -0.4 is 4.90 Å². The number of anilines is 1. The molecular weight excluding hydrogens is 366 g/mol. The van der Waals surface area contributed by atoms with Crippen LogP contribution in [0.1, 0.15) is 19.3 Å². The smallest absolute Gasteiger partial charge is 0.341 e. The lowest BCUT2D eigenvalue weighted by Crippen LogP contribution is -2.53. The normalized spacial score (nSPS) is 21.9. The third-order valence-corrected chi connectivity index (χ3v) is 6.24. The van der Waals surface area contributed by atoms with Crippen LogP contribution in [0.25, 0.3) is 0 Å². The van der Waals surface area contributed by atoms with Gasteiger partial charge in [-0.1, -0.05) is 0 Å². The van der Waals surface area contributed by atoms with Crippen molar-refractivity contribution in [3.63, 3.8) is 0 Å². The van der Waals surface area contributed by atoms with Crippen molar-refractivity contribution in [1.29, 1.82) is 0 Å². The maximum atomic E-state index is 12.9. The second kappa shape index (κ2) is 7.87. The zero-order valence-corrected chi connectivity index (χ0v) is 15.1. The van der Waals surface area contributed by atoms with Crippen molar-refractivity contribution < 1.29 is 26.7 Å². The number of morpholine rings is 1. The Morgan fingerprint density at radius 1 is 1.08 bits per heavy atom. The van der Waals surface area contributed by atoms with E-state index in [1.165, 1.54) is 24.3 Å². The van der Waals surface area contributed by atoms with E-state index < -0.39 is 20.5 Å². The van der Waals surface area contributed by atoms with Gasteiger partial charge in [-0.25, -0.2) is 8.42 Å². The van der Waals surface area contributed by atoms with E-state index in [0.29, 0.717) is 45.0 Å². The summed E-state index contributed by atoms with van der Waals surface area (Å²) >= 11 is 0. The lowest BCUT2D eigenvalue weighted by atomic mass is 9.99. The lowest BCUT2D eigenvalue weighted by Gasteiger charge is -2.40. The standard InChI is InChI=1S/C17H22F2N2O4S/c18-17(19)26(23,24)14-6-4-13(5-7-14)21-8-2-1-3-15(21)16(22)20-9-11-25-12-10-20/h4-7,15,17H,1-3,8-12H2. The van der Waals surface area contributed by atoms with Crippen molar-refractivity contribution in [3.05, 3.63) is 24.3 Å². The first-order chi connectivity index (χ1) is 12.4. The first kappa shape index (κ1) is 19.0. The average molecular weight is 388 g/mol. The molecule has 0 bridgehead atoms. The van der Waals surface area contributed by atoms with E-state index in [0.717, 1.165) is 12.8 Å². The average Bonchev–Trinajstić information content (AvgIpc) is 2.68. The molecule has 1 aromatic rings. The SMILES string of the molecule is O=C(C1CCCCN1c1ccc(S(=O)(=O)C(F)F)cc1)N1CCOCC1. The Bertz CT molecular complexity index is 734. The van der Waals surface area contributed by atoms with Gasteiger partial charge < -0.3 is 14.5 Å². The first-order valence-electron chi connectivity index (χ1n) is 8.66. The Kier molecular flexibility index (Phi) is 5.76. The molecule has 0 aliphatic carbocycles. The van der Waals surface area contributed by atoms with Crippen LogP contribution in [0.4, 0.5) is 14.5 Å². The number of rotatable bonds is 4. The topological polar surface area (TPSA) is 66.9 Å². The minimum absolute atomic E-state index is 0.0391. The summed E-state index contributed by atoms with van der Waals surface area (Å²) in [4.78, 5) is 16.2. The molecule has 26 heavy (non-hydrogen) atoms. The van der Waals surface area contributed by atoms with E-state index in [1.54, 1.807) is 4.90 Å². The number of halogens is 2. The summed E-state index contributed by atoms with van der Waals surface area (Å²) in [5, 5.41) is 0. The Balaban J connectivity index is 1.80. The number of ether oxygens (including phenoxy) is 1. The molecule has 3 rings (SSSR count). The molecule has 2 aliphatic rings. The second-order valence-electron chi connectivity index (χ2n) is 6.44. The number of sulfone groups is 1. The largest absolute Gasteiger partial charge is 0.378 e. The predicted octanol–water partition coefficient (Wildman–Crippen LogP) is 1.90. The summed E-state index contributed by atoms with van der Waals surface area (Å²) in [7, 11) is -4.61. The monoisotopic (exact) mass is 388 g/mol. The number of hydrogen-bond acceptors (Lipinski definition) is 5. The summed E-state index contributed by atoms with van der Waals surface area (Å²) < 4.78 is 53.7. The molecule has 0 radical (unpaired) electrons. The van der Waals surface area contributed by atoms with Gasteiger partial charge in [-0.3, -0.25) is 4.79 Å². The number of piperidine rings is 1. The third-order valence-electron chi connectivity index (χ3n) is 4.84. The number of carbonyl (C=O) groups excluding carboxylic acids is 1. The van der Waals surface area contributed by atoms with E-state index in [2.05, 4.69) is 0 Å². The highest BCUT2D eigenvalue weighted by molar-refractivity contribution is 7.91. The van der Waals surface area contributed by atoms with Gasteiger partial charge in [0.2, 0.25) is 15.7 Å². The summed E-state index contributed by atoms with van der Waals surface area (Å²) in [6.45, 7) is 2.85. The molecule has 1 amide bonds. The number of benzene rings is 1. The van der Waals surface area contributed by atoms with Gasteiger partial charge in [-0.05, 0) is 43.5 Å². The summed E-state index contributed by atoms with van der Waals surface area (Å²) in [5.74, 6) is -3.41. The van der Waals surface area contributed by atoms with Gasteiger partial charge in [0.25, 0.3) is 0 Å². The van der Waals surface area contributed by atoms with Gasteiger partial charge in [-0.15, -0.1) is 0 Å². The molecule has 1 unspecified atom stereocenters. The van der Waals surface area contributed by atoms with Gasteiger partial charge in [0.05, 0.1) is 18.1 Å². The van der Waals surface area contributed by atoms with Crippen molar-refractivity contribution in [2.24, 2.45) is 0 Å². The quantitative estimate of drug-likeness (QED) is 0.788. The minimum atomic E-state index is -4.61. The van der Waals surface area contributed by atoms with Crippen molar-refractivity contribution in [2.75, 3.05) is 37.7 Å². The fourth-order valence-electron chi connectivity index (χ4n) is 3.42. The maximum absolute atomic E-state index is 12.9. The van der Waals surface area contributed by atoms with Gasteiger partial charge in [-0.2, -0.15) is 8.78 Å². The van der Waals surface area contributed by atoms with Crippen LogP contribution in [0, 0.1) is 0 Å². The summed E-state index contributed by atoms with van der Waals surface area (Å²) in [6, 6.07) is 5.04. The van der Waals surface area contributed by atoms with E-state index in [1.807, 2.05) is 4.90 Å². The Labute approximate surface area is 151 Å². The van der Waals surface area contributed by atoms with E-state index >= 15 is 0 Å². The lowest BCUT2D eigenvalue weighted by molar-refractivity contribution is -0.137. The van der Waals surface area contributed by atoms with Crippen molar-refractivity contribution >= 4 is 21.4 Å². The Hall–Kier alpha value is -1.74. The third kappa shape index (κ3) is 3.83.